The average Bonchev–Trinajstić information content (AvgIpc) is 2.84. The first-order chi connectivity index (χ1) is 9.19. The molecule has 5 nitrogen and oxygen atoms in total. The van der Waals surface area contributed by atoms with Gasteiger partial charge in [-0.25, -0.2) is 0 Å². The number of rotatable bonds is 4. The van der Waals surface area contributed by atoms with E-state index in [0.717, 1.165) is 19.4 Å². The summed E-state index contributed by atoms with van der Waals surface area (Å²) in [6.07, 6.45) is 1.95. The SMILES string of the molecule is N#Cc1ccsc1NC(=O)CCN1CCC[C@@H](O)C1. The molecule has 0 aliphatic carbocycles. The minimum Gasteiger partial charge on any atom is -0.392 e. The van der Waals surface area contributed by atoms with Crippen molar-refractivity contribution in [3.05, 3.63) is 17.0 Å². The number of β-amino-alcohol motifs (C(OH)–C–C–N with tert-alkyl or cyclic N) is 1. The maximum atomic E-state index is 11.8. The van der Waals surface area contributed by atoms with Gasteiger partial charge in [-0.1, -0.05) is 0 Å². The predicted molar refractivity (Wildman–Crippen MR) is 74.0 cm³/mol. The van der Waals surface area contributed by atoms with Crippen LogP contribution in [0.15, 0.2) is 11.4 Å². The van der Waals surface area contributed by atoms with Gasteiger partial charge >= 0.3 is 0 Å². The molecule has 1 fully saturated rings. The lowest BCUT2D eigenvalue weighted by atomic mass is 10.1. The summed E-state index contributed by atoms with van der Waals surface area (Å²) in [7, 11) is 0. The van der Waals surface area contributed by atoms with Gasteiger partial charge < -0.3 is 15.3 Å². The molecule has 1 aromatic heterocycles. The van der Waals surface area contributed by atoms with Crippen molar-refractivity contribution in [2.75, 3.05) is 25.0 Å². The third-order valence-electron chi connectivity index (χ3n) is 3.17. The predicted octanol–water partition coefficient (Wildman–Crippen LogP) is 1.41. The molecule has 1 saturated heterocycles. The molecular formula is C13H17N3O2S. The summed E-state index contributed by atoms with van der Waals surface area (Å²) in [6, 6.07) is 3.74. The molecule has 2 N–H and O–H groups in total. The van der Waals surface area contributed by atoms with Gasteiger partial charge in [-0.2, -0.15) is 5.26 Å². The van der Waals surface area contributed by atoms with Crippen molar-refractivity contribution in [2.45, 2.75) is 25.4 Å². The largest absolute Gasteiger partial charge is 0.392 e. The number of aliphatic hydroxyl groups is 1. The van der Waals surface area contributed by atoms with Gasteiger partial charge in [-0.05, 0) is 30.8 Å². The van der Waals surface area contributed by atoms with Crippen molar-refractivity contribution < 1.29 is 9.90 Å². The zero-order chi connectivity index (χ0) is 13.7. The number of likely N-dealkylation sites (tertiary alicyclic amines) is 1. The zero-order valence-electron chi connectivity index (χ0n) is 10.6. The maximum absolute atomic E-state index is 11.8. The Morgan fingerprint density at radius 1 is 1.68 bits per heavy atom. The molecule has 6 heteroatoms. The number of nitrogens with zero attached hydrogens (tertiary/aromatic N) is 2. The van der Waals surface area contributed by atoms with Crippen molar-refractivity contribution >= 4 is 22.2 Å². The second-order valence-corrected chi connectivity index (χ2v) is 5.59. The first-order valence-corrected chi connectivity index (χ1v) is 7.25. The van der Waals surface area contributed by atoms with Crippen LogP contribution in [0, 0.1) is 11.3 Å². The number of nitrogens with one attached hydrogen (secondary N) is 1. The molecule has 1 aliphatic rings. The minimum atomic E-state index is -0.265. The molecule has 1 amide bonds. The van der Waals surface area contributed by atoms with Gasteiger partial charge in [0.25, 0.3) is 0 Å². The maximum Gasteiger partial charge on any atom is 0.226 e. The lowest BCUT2D eigenvalue weighted by Crippen LogP contribution is -2.39. The summed E-state index contributed by atoms with van der Waals surface area (Å²) in [5.74, 6) is -0.0842. The highest BCUT2D eigenvalue weighted by molar-refractivity contribution is 7.14. The molecule has 0 bridgehead atoms. The molecule has 2 rings (SSSR count). The fourth-order valence-corrected chi connectivity index (χ4v) is 2.93. The van der Waals surface area contributed by atoms with E-state index in [1.54, 1.807) is 11.4 Å². The molecule has 102 valence electrons. The molecule has 1 aromatic rings. The summed E-state index contributed by atoms with van der Waals surface area (Å²) >= 11 is 1.36. The summed E-state index contributed by atoms with van der Waals surface area (Å²) in [6.45, 7) is 2.23. The van der Waals surface area contributed by atoms with Crippen LogP contribution in [0.4, 0.5) is 5.00 Å². The van der Waals surface area contributed by atoms with Crippen LogP contribution in [0.25, 0.3) is 0 Å². The summed E-state index contributed by atoms with van der Waals surface area (Å²) in [5, 5.41) is 23.6. The van der Waals surface area contributed by atoms with Crippen molar-refractivity contribution in [3.63, 3.8) is 0 Å². The van der Waals surface area contributed by atoms with Crippen LogP contribution in [-0.2, 0) is 4.79 Å². The third kappa shape index (κ3) is 4.03. The van der Waals surface area contributed by atoms with E-state index in [9.17, 15) is 9.90 Å². The van der Waals surface area contributed by atoms with Crippen LogP contribution in [-0.4, -0.2) is 41.7 Å². The van der Waals surface area contributed by atoms with E-state index in [1.165, 1.54) is 11.3 Å². The normalized spacial score (nSPS) is 19.9. The number of carbonyl (C=O) groups excluding carboxylic acids is 1. The summed E-state index contributed by atoms with van der Waals surface area (Å²) < 4.78 is 0. The van der Waals surface area contributed by atoms with Crippen LogP contribution in [0.2, 0.25) is 0 Å². The molecule has 2 heterocycles. The number of carbonyl (C=O) groups is 1. The van der Waals surface area contributed by atoms with Crippen molar-refractivity contribution in [2.24, 2.45) is 0 Å². The number of anilines is 1. The molecule has 0 spiro atoms. The molecule has 0 radical (unpaired) electrons. The van der Waals surface area contributed by atoms with Crippen LogP contribution in [0.1, 0.15) is 24.8 Å². The second-order valence-electron chi connectivity index (χ2n) is 4.67. The zero-order valence-corrected chi connectivity index (χ0v) is 11.4. The van der Waals surface area contributed by atoms with Crippen molar-refractivity contribution in [1.82, 2.24) is 4.90 Å². The third-order valence-corrected chi connectivity index (χ3v) is 4.00. The fraction of sp³-hybridized carbons (Fsp3) is 0.538. The molecular weight excluding hydrogens is 262 g/mol. The minimum absolute atomic E-state index is 0.0842. The van der Waals surface area contributed by atoms with E-state index >= 15 is 0 Å². The molecule has 1 aliphatic heterocycles. The van der Waals surface area contributed by atoms with Gasteiger partial charge in [-0.15, -0.1) is 11.3 Å². The van der Waals surface area contributed by atoms with E-state index < -0.39 is 0 Å². The van der Waals surface area contributed by atoms with Crippen molar-refractivity contribution in [3.8, 4) is 6.07 Å². The van der Waals surface area contributed by atoms with Crippen molar-refractivity contribution in [1.29, 1.82) is 5.26 Å². The number of hydrogen-bond donors (Lipinski definition) is 2. The highest BCUT2D eigenvalue weighted by Crippen LogP contribution is 2.22. The van der Waals surface area contributed by atoms with Gasteiger partial charge in [0.1, 0.15) is 11.1 Å². The first-order valence-electron chi connectivity index (χ1n) is 6.37. The van der Waals surface area contributed by atoms with Gasteiger partial charge in [0.05, 0.1) is 11.7 Å². The highest BCUT2D eigenvalue weighted by atomic mass is 32.1. The van der Waals surface area contributed by atoms with E-state index in [2.05, 4.69) is 10.2 Å². The Balaban J connectivity index is 1.77. The van der Waals surface area contributed by atoms with Gasteiger partial charge in [0, 0.05) is 19.5 Å². The number of hydrogen-bond acceptors (Lipinski definition) is 5. The average molecular weight is 279 g/mol. The Kier molecular flexibility index (Phi) is 4.91. The van der Waals surface area contributed by atoms with Gasteiger partial charge in [-0.3, -0.25) is 4.79 Å². The number of piperidine rings is 1. The van der Waals surface area contributed by atoms with Crippen LogP contribution in [0.3, 0.4) is 0 Å². The van der Waals surface area contributed by atoms with Crippen LogP contribution in [0.5, 0.6) is 0 Å². The molecule has 19 heavy (non-hydrogen) atoms. The molecule has 1 atom stereocenters. The number of amides is 1. The summed E-state index contributed by atoms with van der Waals surface area (Å²) in [5.41, 5.74) is 0.506. The second kappa shape index (κ2) is 6.66. The Hall–Kier alpha value is -1.42. The lowest BCUT2D eigenvalue weighted by Gasteiger charge is -2.29. The number of aliphatic hydroxyl groups excluding tert-OH is 1. The Labute approximate surface area is 116 Å². The number of nitriles is 1. The molecule has 0 unspecified atom stereocenters. The van der Waals surface area contributed by atoms with Gasteiger partial charge in [0.2, 0.25) is 5.91 Å². The van der Waals surface area contributed by atoms with E-state index in [-0.39, 0.29) is 12.0 Å². The monoisotopic (exact) mass is 279 g/mol. The highest BCUT2D eigenvalue weighted by Gasteiger charge is 2.18. The molecule has 0 saturated carbocycles. The smallest absolute Gasteiger partial charge is 0.226 e. The quantitative estimate of drug-likeness (QED) is 0.873. The molecule has 0 aromatic carbocycles. The van der Waals surface area contributed by atoms with E-state index in [0.29, 0.717) is 30.1 Å². The number of thiophene rings is 1. The Bertz CT molecular complexity index is 480. The standard InChI is InChI=1S/C13H17N3O2S/c14-8-10-4-7-19-13(10)15-12(18)3-6-16-5-1-2-11(17)9-16/h4,7,11,17H,1-3,5-6,9H2,(H,15,18)/t11-/m1/s1. The van der Waals surface area contributed by atoms with E-state index in [4.69, 9.17) is 5.26 Å². The van der Waals surface area contributed by atoms with Crippen LogP contribution >= 0.6 is 11.3 Å². The lowest BCUT2D eigenvalue weighted by molar-refractivity contribution is -0.116. The fourth-order valence-electron chi connectivity index (χ4n) is 2.18. The van der Waals surface area contributed by atoms with Gasteiger partial charge in [0.15, 0.2) is 0 Å². The Morgan fingerprint density at radius 2 is 2.53 bits per heavy atom. The summed E-state index contributed by atoms with van der Waals surface area (Å²) in [4.78, 5) is 13.9. The topological polar surface area (TPSA) is 76.4 Å². The van der Waals surface area contributed by atoms with Crippen LogP contribution < -0.4 is 5.32 Å². The Morgan fingerprint density at radius 3 is 3.26 bits per heavy atom. The first kappa shape index (κ1) is 14.0. The van der Waals surface area contributed by atoms with E-state index in [1.807, 2.05) is 6.07 Å².